The van der Waals surface area contributed by atoms with E-state index in [4.69, 9.17) is 5.11 Å². The normalized spacial score (nSPS) is 14.5. The minimum absolute atomic E-state index is 0.230. The Labute approximate surface area is 147 Å². The van der Waals surface area contributed by atoms with Gasteiger partial charge in [0.2, 0.25) is 0 Å². The molecule has 8 heteroatoms. The molecule has 0 unspecified atom stereocenters. The van der Waals surface area contributed by atoms with Crippen LogP contribution in [0.25, 0.3) is 10.8 Å². The van der Waals surface area contributed by atoms with Crippen molar-refractivity contribution in [3.05, 3.63) is 45.9 Å². The van der Waals surface area contributed by atoms with Crippen molar-refractivity contribution in [2.45, 2.75) is 0 Å². The summed E-state index contributed by atoms with van der Waals surface area (Å²) in [7, 11) is -3.52. The number of sulfone groups is 1. The van der Waals surface area contributed by atoms with Gasteiger partial charge in [-0.1, -0.05) is 28.1 Å². The lowest BCUT2D eigenvalue weighted by atomic mass is 9.94. The molecule has 126 valence electrons. The Morgan fingerprint density at radius 2 is 1.67 bits per heavy atom. The number of amides is 2. The lowest BCUT2D eigenvalue weighted by molar-refractivity contribution is 0.0620. The first-order valence-corrected chi connectivity index (χ1v) is 9.86. The second kappa shape index (κ2) is 6.27. The summed E-state index contributed by atoms with van der Waals surface area (Å²) in [6.45, 7) is -0.716. The maximum absolute atomic E-state index is 12.6. The van der Waals surface area contributed by atoms with Gasteiger partial charge in [-0.25, -0.2) is 8.42 Å². The Hall–Kier alpha value is -1.77. The minimum atomic E-state index is -3.52. The number of hydrogen-bond acceptors (Lipinski definition) is 5. The van der Waals surface area contributed by atoms with Crippen molar-refractivity contribution < 1.29 is 23.1 Å². The van der Waals surface area contributed by atoms with Crippen LogP contribution in [-0.4, -0.2) is 54.9 Å². The van der Waals surface area contributed by atoms with Crippen LogP contribution in [-0.2, 0) is 9.84 Å². The van der Waals surface area contributed by atoms with Gasteiger partial charge in [-0.3, -0.25) is 14.5 Å². The highest BCUT2D eigenvalue weighted by atomic mass is 79.9. The third-order valence-electron chi connectivity index (χ3n) is 3.97. The van der Waals surface area contributed by atoms with Gasteiger partial charge in [-0.05, 0) is 23.6 Å². The molecule has 2 aromatic carbocycles. The van der Waals surface area contributed by atoms with Gasteiger partial charge in [0.1, 0.15) is 0 Å². The molecule has 0 spiro atoms. The molecule has 0 radical (unpaired) electrons. The number of aliphatic hydroxyl groups is 1. The highest BCUT2D eigenvalue weighted by molar-refractivity contribution is 9.10. The van der Waals surface area contributed by atoms with E-state index in [1.54, 1.807) is 24.3 Å². The van der Waals surface area contributed by atoms with Gasteiger partial charge in [0.05, 0.1) is 18.1 Å². The van der Waals surface area contributed by atoms with E-state index in [-0.39, 0.29) is 18.1 Å². The van der Waals surface area contributed by atoms with E-state index in [1.807, 2.05) is 6.07 Å². The third-order valence-corrected chi connectivity index (χ3v) is 6.27. The molecule has 1 aliphatic rings. The summed E-state index contributed by atoms with van der Waals surface area (Å²) in [5, 5.41) is 10.1. The van der Waals surface area contributed by atoms with Crippen LogP contribution in [0.1, 0.15) is 20.7 Å². The summed E-state index contributed by atoms with van der Waals surface area (Å²) >= 11 is 3.41. The predicted octanol–water partition coefficient (Wildman–Crippen LogP) is 1.61. The average molecular weight is 412 g/mol. The zero-order valence-corrected chi connectivity index (χ0v) is 14.9. The quantitative estimate of drug-likeness (QED) is 0.754. The Balaban J connectivity index is 2.01. The van der Waals surface area contributed by atoms with E-state index in [0.29, 0.717) is 16.5 Å². The van der Waals surface area contributed by atoms with Crippen molar-refractivity contribution in [3.8, 4) is 0 Å². The maximum Gasteiger partial charge on any atom is 0.261 e. The molecule has 6 nitrogen and oxygen atoms in total. The van der Waals surface area contributed by atoms with Crippen molar-refractivity contribution in [3.63, 3.8) is 0 Å². The second-order valence-electron chi connectivity index (χ2n) is 5.46. The van der Waals surface area contributed by atoms with Crippen LogP contribution in [0.5, 0.6) is 0 Å². The average Bonchev–Trinajstić information content (AvgIpc) is 2.53. The monoisotopic (exact) mass is 411 g/mol. The van der Waals surface area contributed by atoms with Crippen molar-refractivity contribution in [1.29, 1.82) is 0 Å². The predicted molar refractivity (Wildman–Crippen MR) is 92.8 cm³/mol. The van der Waals surface area contributed by atoms with Crippen molar-refractivity contribution in [1.82, 2.24) is 4.90 Å². The van der Waals surface area contributed by atoms with Gasteiger partial charge in [-0.15, -0.1) is 0 Å². The van der Waals surface area contributed by atoms with Gasteiger partial charge < -0.3 is 5.11 Å². The smallest absolute Gasteiger partial charge is 0.261 e. The van der Waals surface area contributed by atoms with Crippen molar-refractivity contribution in [2.24, 2.45) is 0 Å². The van der Waals surface area contributed by atoms with E-state index >= 15 is 0 Å². The molecule has 1 heterocycles. The fourth-order valence-corrected chi connectivity index (χ4v) is 4.19. The SMILES string of the molecule is O=C1c2cccc3c(Br)ccc(c23)C(=O)N1CCS(=O)(=O)CCO. The first kappa shape index (κ1) is 17.1. The molecule has 0 bridgehead atoms. The van der Waals surface area contributed by atoms with Crippen LogP contribution in [0.15, 0.2) is 34.8 Å². The summed E-state index contributed by atoms with van der Waals surface area (Å²) in [6.07, 6.45) is 0. The summed E-state index contributed by atoms with van der Waals surface area (Å²) in [5.41, 5.74) is 0.755. The molecule has 0 saturated heterocycles. The number of halogens is 1. The van der Waals surface area contributed by atoms with Gasteiger partial charge in [0, 0.05) is 27.5 Å². The maximum atomic E-state index is 12.6. The van der Waals surface area contributed by atoms with Crippen LogP contribution in [0.4, 0.5) is 0 Å². The molecule has 0 atom stereocenters. The molecular weight excluding hydrogens is 398 g/mol. The summed E-state index contributed by atoms with van der Waals surface area (Å²) in [6, 6.07) is 8.52. The Bertz CT molecular complexity index is 932. The minimum Gasteiger partial charge on any atom is -0.395 e. The van der Waals surface area contributed by atoms with E-state index in [2.05, 4.69) is 15.9 Å². The Morgan fingerprint density at radius 3 is 2.33 bits per heavy atom. The van der Waals surface area contributed by atoms with E-state index < -0.39 is 28.3 Å². The fraction of sp³-hybridized carbons (Fsp3) is 0.250. The standard InChI is InChI=1S/C16H14BrNO5S/c17-13-5-4-12-14-10(13)2-1-3-11(14)15(20)18(16(12)21)6-8-24(22,23)9-7-19/h1-5,19H,6-9H2. The number of carbonyl (C=O) groups excluding carboxylic acids is 2. The number of carbonyl (C=O) groups is 2. The first-order chi connectivity index (χ1) is 11.4. The van der Waals surface area contributed by atoms with Crippen molar-refractivity contribution in [2.75, 3.05) is 24.7 Å². The van der Waals surface area contributed by atoms with Gasteiger partial charge in [-0.2, -0.15) is 0 Å². The molecule has 0 fully saturated rings. The molecule has 1 N–H and O–H groups in total. The molecule has 24 heavy (non-hydrogen) atoms. The van der Waals surface area contributed by atoms with Gasteiger partial charge >= 0.3 is 0 Å². The molecule has 0 aliphatic carbocycles. The molecule has 1 aliphatic heterocycles. The van der Waals surface area contributed by atoms with E-state index in [1.165, 1.54) is 0 Å². The highest BCUT2D eigenvalue weighted by Crippen LogP contribution is 2.34. The molecule has 2 amide bonds. The van der Waals surface area contributed by atoms with Gasteiger partial charge in [0.15, 0.2) is 9.84 Å². The molecule has 3 rings (SSSR count). The number of hydrogen-bond donors (Lipinski definition) is 1. The van der Waals surface area contributed by atoms with E-state index in [9.17, 15) is 18.0 Å². The number of nitrogens with zero attached hydrogens (tertiary/aromatic N) is 1. The third kappa shape index (κ3) is 2.85. The molecular formula is C16H14BrNO5S. The molecule has 2 aromatic rings. The molecule has 0 saturated carbocycles. The number of rotatable bonds is 5. The fourth-order valence-electron chi connectivity index (χ4n) is 2.79. The second-order valence-corrected chi connectivity index (χ2v) is 8.62. The number of benzene rings is 2. The first-order valence-electron chi connectivity index (χ1n) is 7.24. The number of imide groups is 1. The van der Waals surface area contributed by atoms with Gasteiger partial charge in [0.25, 0.3) is 11.8 Å². The highest BCUT2D eigenvalue weighted by Gasteiger charge is 2.33. The van der Waals surface area contributed by atoms with Crippen LogP contribution >= 0.6 is 15.9 Å². The Morgan fingerprint density at radius 1 is 1.00 bits per heavy atom. The van der Waals surface area contributed by atoms with Crippen molar-refractivity contribution >= 4 is 48.4 Å². The van der Waals surface area contributed by atoms with Crippen LogP contribution in [0.3, 0.4) is 0 Å². The van der Waals surface area contributed by atoms with Crippen LogP contribution < -0.4 is 0 Å². The van der Waals surface area contributed by atoms with Crippen LogP contribution in [0.2, 0.25) is 0 Å². The zero-order valence-electron chi connectivity index (χ0n) is 12.5. The van der Waals surface area contributed by atoms with Crippen LogP contribution in [0, 0.1) is 0 Å². The number of aliphatic hydroxyl groups excluding tert-OH is 1. The summed E-state index contributed by atoms with van der Waals surface area (Å²) in [5.74, 6) is -1.76. The topological polar surface area (TPSA) is 91.8 Å². The van der Waals surface area contributed by atoms with E-state index in [0.717, 1.165) is 14.8 Å². The summed E-state index contributed by atoms with van der Waals surface area (Å²) in [4.78, 5) is 26.2. The molecule has 0 aromatic heterocycles. The largest absolute Gasteiger partial charge is 0.395 e. The lowest BCUT2D eigenvalue weighted by Crippen LogP contribution is -2.43. The Kier molecular flexibility index (Phi) is 4.46. The lowest BCUT2D eigenvalue weighted by Gasteiger charge is -2.27. The zero-order chi connectivity index (χ0) is 17.5. The summed E-state index contributed by atoms with van der Waals surface area (Å²) < 4.78 is 24.3.